The molecule has 0 saturated carbocycles. The van der Waals surface area contributed by atoms with Gasteiger partial charge in [0.25, 0.3) is 0 Å². The highest BCUT2D eigenvalue weighted by molar-refractivity contribution is 5.85. The van der Waals surface area contributed by atoms with Crippen LogP contribution in [0.4, 0.5) is 13.2 Å². The van der Waals surface area contributed by atoms with Gasteiger partial charge in [-0.2, -0.15) is 13.2 Å². The molecule has 1 aliphatic rings. The van der Waals surface area contributed by atoms with E-state index in [0.717, 1.165) is 25.2 Å². The van der Waals surface area contributed by atoms with Crippen molar-refractivity contribution in [3.8, 4) is 0 Å². The highest BCUT2D eigenvalue weighted by atomic mass is 35.5. The Kier molecular flexibility index (Phi) is 6.89. The fraction of sp³-hybridized carbons (Fsp3) is 0.562. The maximum atomic E-state index is 12.8. The van der Waals surface area contributed by atoms with Crippen LogP contribution in [0.2, 0.25) is 0 Å². The Balaban J connectivity index is 0.00000264. The van der Waals surface area contributed by atoms with Gasteiger partial charge in [0.15, 0.2) is 0 Å². The standard InChI is InChI=1S/C16H21F3N2O.ClH/c1-11(8-15(22)21-7-6-20-10-12(21)2)13-4-3-5-14(9-13)16(17,18)19;/h3-5,9,11-12,20H,6-8,10H2,1-2H3;1H/t11?,12-;/m0./s1. The lowest BCUT2D eigenvalue weighted by atomic mass is 9.95. The molecule has 23 heavy (non-hydrogen) atoms. The zero-order valence-electron chi connectivity index (χ0n) is 13.2. The largest absolute Gasteiger partial charge is 0.416 e. The molecule has 1 aliphatic heterocycles. The summed E-state index contributed by atoms with van der Waals surface area (Å²) in [6.45, 7) is 5.92. The molecule has 1 heterocycles. The maximum absolute atomic E-state index is 12.8. The van der Waals surface area contributed by atoms with E-state index in [2.05, 4.69) is 5.32 Å². The second-order valence-electron chi connectivity index (χ2n) is 5.87. The van der Waals surface area contributed by atoms with Crippen LogP contribution in [0.5, 0.6) is 0 Å². The van der Waals surface area contributed by atoms with Crippen LogP contribution in [0.3, 0.4) is 0 Å². The molecule has 3 nitrogen and oxygen atoms in total. The average molecular weight is 351 g/mol. The number of halogens is 4. The first-order valence-electron chi connectivity index (χ1n) is 7.46. The number of benzene rings is 1. The molecule has 1 amide bonds. The molecular weight excluding hydrogens is 329 g/mol. The molecule has 1 aromatic carbocycles. The molecule has 0 aromatic heterocycles. The Morgan fingerprint density at radius 2 is 2.13 bits per heavy atom. The second kappa shape index (κ2) is 8.02. The lowest BCUT2D eigenvalue weighted by Crippen LogP contribution is -2.52. The number of hydrogen-bond donors (Lipinski definition) is 1. The van der Waals surface area contributed by atoms with Crippen LogP contribution in [0, 0.1) is 0 Å². The Hall–Kier alpha value is -1.27. The summed E-state index contributed by atoms with van der Waals surface area (Å²) in [5.74, 6) is -0.240. The van der Waals surface area contributed by atoms with Crippen LogP contribution >= 0.6 is 12.4 Å². The van der Waals surface area contributed by atoms with E-state index in [0.29, 0.717) is 12.1 Å². The van der Waals surface area contributed by atoms with E-state index in [4.69, 9.17) is 0 Å². The van der Waals surface area contributed by atoms with Gasteiger partial charge in [0.2, 0.25) is 5.91 Å². The fourth-order valence-corrected chi connectivity index (χ4v) is 2.73. The van der Waals surface area contributed by atoms with Gasteiger partial charge in [0, 0.05) is 32.1 Å². The predicted molar refractivity (Wildman–Crippen MR) is 85.8 cm³/mol. The summed E-state index contributed by atoms with van der Waals surface area (Å²) in [6, 6.07) is 5.35. The molecule has 2 atom stereocenters. The molecule has 2 rings (SSSR count). The van der Waals surface area contributed by atoms with Gasteiger partial charge < -0.3 is 10.2 Å². The highest BCUT2D eigenvalue weighted by Gasteiger charge is 2.31. The summed E-state index contributed by atoms with van der Waals surface area (Å²) < 4.78 is 38.3. The number of hydrogen-bond acceptors (Lipinski definition) is 2. The van der Waals surface area contributed by atoms with Gasteiger partial charge in [0.1, 0.15) is 0 Å². The number of piperazine rings is 1. The topological polar surface area (TPSA) is 32.3 Å². The van der Waals surface area contributed by atoms with Crippen LogP contribution in [0.15, 0.2) is 24.3 Å². The lowest BCUT2D eigenvalue weighted by molar-refractivity contribution is -0.137. The van der Waals surface area contributed by atoms with Crippen molar-refractivity contribution < 1.29 is 18.0 Å². The molecule has 1 unspecified atom stereocenters. The molecule has 0 bridgehead atoms. The van der Waals surface area contributed by atoms with Crippen LogP contribution in [-0.4, -0.2) is 36.5 Å². The SMILES string of the molecule is CC(CC(=O)N1CCNC[C@@H]1C)c1cccc(C(F)(F)F)c1.Cl. The number of nitrogens with one attached hydrogen (secondary N) is 1. The van der Waals surface area contributed by atoms with Gasteiger partial charge in [-0.1, -0.05) is 25.1 Å². The Labute approximate surface area is 140 Å². The maximum Gasteiger partial charge on any atom is 0.416 e. The molecule has 1 N–H and O–H groups in total. The first kappa shape index (κ1) is 19.8. The van der Waals surface area contributed by atoms with Gasteiger partial charge >= 0.3 is 6.18 Å². The number of nitrogens with zero attached hydrogens (tertiary/aromatic N) is 1. The monoisotopic (exact) mass is 350 g/mol. The molecular formula is C16H22ClF3N2O. The van der Waals surface area contributed by atoms with E-state index in [-0.39, 0.29) is 36.7 Å². The lowest BCUT2D eigenvalue weighted by Gasteiger charge is -2.34. The third-order valence-electron chi connectivity index (χ3n) is 4.09. The van der Waals surface area contributed by atoms with Crippen molar-refractivity contribution in [2.24, 2.45) is 0 Å². The van der Waals surface area contributed by atoms with E-state index >= 15 is 0 Å². The van der Waals surface area contributed by atoms with Crippen LogP contribution in [-0.2, 0) is 11.0 Å². The van der Waals surface area contributed by atoms with Crippen molar-refractivity contribution in [3.05, 3.63) is 35.4 Å². The Morgan fingerprint density at radius 1 is 1.43 bits per heavy atom. The van der Waals surface area contributed by atoms with Crippen molar-refractivity contribution in [1.82, 2.24) is 10.2 Å². The Bertz CT molecular complexity index is 536. The van der Waals surface area contributed by atoms with E-state index in [1.54, 1.807) is 17.9 Å². The molecule has 0 aliphatic carbocycles. The minimum absolute atomic E-state index is 0. The number of alkyl halides is 3. The number of carbonyl (C=O) groups is 1. The number of amides is 1. The van der Waals surface area contributed by atoms with Gasteiger partial charge in [0.05, 0.1) is 5.56 Å². The number of rotatable bonds is 3. The van der Waals surface area contributed by atoms with Crippen molar-refractivity contribution >= 4 is 18.3 Å². The minimum atomic E-state index is -4.35. The van der Waals surface area contributed by atoms with E-state index in [9.17, 15) is 18.0 Å². The summed E-state index contributed by atoms with van der Waals surface area (Å²) in [4.78, 5) is 14.2. The third kappa shape index (κ3) is 5.11. The molecule has 1 saturated heterocycles. The predicted octanol–water partition coefficient (Wildman–Crippen LogP) is 3.44. The van der Waals surface area contributed by atoms with Crippen LogP contribution in [0.1, 0.15) is 37.3 Å². The van der Waals surface area contributed by atoms with Crippen molar-refractivity contribution in [2.75, 3.05) is 19.6 Å². The zero-order chi connectivity index (χ0) is 16.3. The summed E-state index contributed by atoms with van der Waals surface area (Å²) in [5, 5.41) is 3.21. The molecule has 7 heteroatoms. The second-order valence-corrected chi connectivity index (χ2v) is 5.87. The summed E-state index contributed by atoms with van der Waals surface area (Å²) in [6.07, 6.45) is -4.13. The van der Waals surface area contributed by atoms with Gasteiger partial charge in [-0.25, -0.2) is 0 Å². The van der Waals surface area contributed by atoms with Gasteiger partial charge in [-0.15, -0.1) is 12.4 Å². The molecule has 1 fully saturated rings. The summed E-state index contributed by atoms with van der Waals surface area (Å²) >= 11 is 0. The van der Waals surface area contributed by atoms with Crippen molar-refractivity contribution in [1.29, 1.82) is 0 Å². The smallest absolute Gasteiger partial charge is 0.337 e. The van der Waals surface area contributed by atoms with E-state index < -0.39 is 11.7 Å². The number of carbonyl (C=O) groups excluding carboxylic acids is 1. The third-order valence-corrected chi connectivity index (χ3v) is 4.09. The fourth-order valence-electron chi connectivity index (χ4n) is 2.73. The highest BCUT2D eigenvalue weighted by Crippen LogP contribution is 2.31. The zero-order valence-corrected chi connectivity index (χ0v) is 14.0. The molecule has 130 valence electrons. The normalized spacial score (nSPS) is 19.9. The van der Waals surface area contributed by atoms with Crippen molar-refractivity contribution in [3.63, 3.8) is 0 Å². The summed E-state index contributed by atoms with van der Waals surface area (Å²) in [5.41, 5.74) is -0.120. The van der Waals surface area contributed by atoms with Crippen molar-refractivity contribution in [2.45, 2.75) is 38.4 Å². The molecule has 0 radical (unpaired) electrons. The van der Waals surface area contributed by atoms with E-state index in [1.165, 1.54) is 6.07 Å². The van der Waals surface area contributed by atoms with Crippen LogP contribution in [0.25, 0.3) is 0 Å². The quantitative estimate of drug-likeness (QED) is 0.905. The van der Waals surface area contributed by atoms with Crippen LogP contribution < -0.4 is 5.32 Å². The minimum Gasteiger partial charge on any atom is -0.337 e. The van der Waals surface area contributed by atoms with Gasteiger partial charge in [-0.3, -0.25) is 4.79 Å². The first-order chi connectivity index (χ1) is 10.3. The first-order valence-corrected chi connectivity index (χ1v) is 7.46. The van der Waals surface area contributed by atoms with E-state index in [1.807, 2.05) is 6.92 Å². The van der Waals surface area contributed by atoms with Gasteiger partial charge in [-0.05, 0) is 24.5 Å². The average Bonchev–Trinajstić information content (AvgIpc) is 2.46. The molecule has 1 aromatic rings. The summed E-state index contributed by atoms with van der Waals surface area (Å²) in [7, 11) is 0. The molecule has 0 spiro atoms. The Morgan fingerprint density at radius 3 is 2.74 bits per heavy atom.